The minimum Gasteiger partial charge on any atom is -0.396 e. The Morgan fingerprint density at radius 1 is 1.25 bits per heavy atom. The summed E-state index contributed by atoms with van der Waals surface area (Å²) in [6.07, 6.45) is -4.71. The minimum atomic E-state index is -4.71. The molecule has 1 aromatic rings. The highest BCUT2D eigenvalue weighted by Gasteiger charge is 2.44. The van der Waals surface area contributed by atoms with E-state index in [9.17, 15) is 22.7 Å². The smallest absolute Gasteiger partial charge is 0.396 e. The predicted octanol–water partition coefficient (Wildman–Crippen LogP) is 3.46. The Kier molecular flexibility index (Phi) is 5.79. The first-order valence-corrected chi connectivity index (χ1v) is 8.08. The van der Waals surface area contributed by atoms with Crippen LogP contribution in [0.2, 0.25) is 5.02 Å². The predicted molar refractivity (Wildman–Crippen MR) is 84.5 cm³/mol. The third-order valence-corrected chi connectivity index (χ3v) is 4.67. The van der Waals surface area contributed by atoms with Crippen LogP contribution in [-0.4, -0.2) is 42.8 Å². The average Bonchev–Trinajstić information content (AvgIpc) is 2.51. The van der Waals surface area contributed by atoms with Crippen molar-refractivity contribution in [3.05, 3.63) is 34.1 Å². The molecule has 1 saturated heterocycles. The van der Waals surface area contributed by atoms with Gasteiger partial charge in [-0.15, -0.1) is 0 Å². The Bertz CT molecular complexity index is 586. The summed E-state index contributed by atoms with van der Waals surface area (Å²) in [4.78, 5) is 1.77. The van der Waals surface area contributed by atoms with Gasteiger partial charge in [-0.2, -0.15) is 13.2 Å². The first kappa shape index (κ1) is 19.4. The topological polar surface area (TPSA) is 35.5 Å². The van der Waals surface area contributed by atoms with Crippen molar-refractivity contribution in [2.75, 3.05) is 32.8 Å². The zero-order valence-corrected chi connectivity index (χ0v) is 14.3. The van der Waals surface area contributed by atoms with E-state index in [1.807, 2.05) is 0 Å². The molecule has 1 fully saturated rings. The summed E-state index contributed by atoms with van der Waals surface area (Å²) in [5.74, 6) is -1.07. The number of aliphatic hydroxyl groups is 1. The first-order chi connectivity index (χ1) is 11.1. The van der Waals surface area contributed by atoms with Gasteiger partial charge in [0.2, 0.25) is 0 Å². The van der Waals surface area contributed by atoms with Crippen LogP contribution in [0.5, 0.6) is 0 Å². The third-order valence-electron chi connectivity index (χ3n) is 4.38. The average molecular weight is 369 g/mol. The molecule has 2 rings (SSSR count). The molecule has 0 saturated carbocycles. The maximum absolute atomic E-state index is 14.7. The molecule has 1 aliphatic heterocycles. The molecule has 1 atom stereocenters. The van der Waals surface area contributed by atoms with Crippen LogP contribution in [0.4, 0.5) is 17.6 Å². The fourth-order valence-corrected chi connectivity index (χ4v) is 3.34. The van der Waals surface area contributed by atoms with Crippen LogP contribution < -0.4 is 5.32 Å². The third kappa shape index (κ3) is 3.85. The summed E-state index contributed by atoms with van der Waals surface area (Å²) in [6, 6.07) is 0.785. The van der Waals surface area contributed by atoms with Crippen LogP contribution in [0.25, 0.3) is 0 Å². The van der Waals surface area contributed by atoms with E-state index in [4.69, 9.17) is 11.6 Å². The molecule has 0 aliphatic carbocycles. The van der Waals surface area contributed by atoms with Crippen molar-refractivity contribution in [3.63, 3.8) is 0 Å². The van der Waals surface area contributed by atoms with E-state index in [-0.39, 0.29) is 11.6 Å². The number of piperazine rings is 1. The lowest BCUT2D eigenvalue weighted by molar-refractivity contribution is -0.139. The van der Waals surface area contributed by atoms with Crippen molar-refractivity contribution < 1.29 is 22.7 Å². The second-order valence-corrected chi connectivity index (χ2v) is 7.06. The molecule has 8 heteroatoms. The Balaban J connectivity index is 2.67. The summed E-state index contributed by atoms with van der Waals surface area (Å²) < 4.78 is 55.1. The summed E-state index contributed by atoms with van der Waals surface area (Å²) >= 11 is 5.78. The zero-order valence-electron chi connectivity index (χ0n) is 13.6. The van der Waals surface area contributed by atoms with E-state index >= 15 is 0 Å². The maximum Gasteiger partial charge on any atom is 0.416 e. The Labute approximate surface area is 143 Å². The molecule has 1 aliphatic rings. The Morgan fingerprint density at radius 2 is 1.83 bits per heavy atom. The number of rotatable bonds is 4. The van der Waals surface area contributed by atoms with Gasteiger partial charge in [-0.3, -0.25) is 4.90 Å². The fraction of sp³-hybridized carbons (Fsp3) is 0.625. The van der Waals surface area contributed by atoms with Crippen LogP contribution in [-0.2, 0) is 6.18 Å². The number of nitrogens with one attached hydrogen (secondary N) is 1. The summed E-state index contributed by atoms with van der Waals surface area (Å²) in [6.45, 7) is 4.95. The standard InChI is InChI=1S/C16H21ClF4N2O/c1-15(2,9-24)14(23-7-5-22-6-8-23)12-10(16(19,20)21)3-4-11(17)13(12)18/h3-4,14,22,24H,5-9H2,1-2H3/t14-/m1/s1. The van der Waals surface area contributed by atoms with Gasteiger partial charge in [-0.1, -0.05) is 25.4 Å². The lowest BCUT2D eigenvalue weighted by atomic mass is 9.78. The van der Waals surface area contributed by atoms with E-state index in [0.29, 0.717) is 26.2 Å². The Morgan fingerprint density at radius 3 is 2.33 bits per heavy atom. The highest BCUT2D eigenvalue weighted by molar-refractivity contribution is 6.30. The normalized spacial score (nSPS) is 18.7. The minimum absolute atomic E-state index is 0.355. The lowest BCUT2D eigenvalue weighted by Crippen LogP contribution is -2.50. The van der Waals surface area contributed by atoms with E-state index < -0.39 is 34.6 Å². The highest BCUT2D eigenvalue weighted by Crippen LogP contribution is 2.46. The molecule has 2 N–H and O–H groups in total. The highest BCUT2D eigenvalue weighted by atomic mass is 35.5. The van der Waals surface area contributed by atoms with Gasteiger partial charge in [-0.25, -0.2) is 4.39 Å². The lowest BCUT2D eigenvalue weighted by Gasteiger charge is -2.44. The van der Waals surface area contributed by atoms with Crippen molar-refractivity contribution in [2.24, 2.45) is 5.41 Å². The van der Waals surface area contributed by atoms with Gasteiger partial charge in [0.15, 0.2) is 0 Å². The molecule has 0 amide bonds. The second kappa shape index (κ2) is 7.15. The van der Waals surface area contributed by atoms with Crippen molar-refractivity contribution in [2.45, 2.75) is 26.1 Å². The molecule has 0 bridgehead atoms. The van der Waals surface area contributed by atoms with E-state index in [2.05, 4.69) is 5.32 Å². The summed E-state index contributed by atoms with van der Waals surface area (Å²) in [5.41, 5.74) is -2.52. The molecule has 24 heavy (non-hydrogen) atoms. The summed E-state index contributed by atoms with van der Waals surface area (Å²) in [5, 5.41) is 12.5. The number of aliphatic hydroxyl groups excluding tert-OH is 1. The van der Waals surface area contributed by atoms with Crippen molar-refractivity contribution in [1.29, 1.82) is 0 Å². The van der Waals surface area contributed by atoms with Gasteiger partial charge in [0.1, 0.15) is 5.82 Å². The number of hydrogen-bond donors (Lipinski definition) is 2. The van der Waals surface area contributed by atoms with Gasteiger partial charge in [0, 0.05) is 49.8 Å². The molecule has 3 nitrogen and oxygen atoms in total. The molecule has 1 heterocycles. The molecule has 0 spiro atoms. The first-order valence-electron chi connectivity index (χ1n) is 7.70. The largest absolute Gasteiger partial charge is 0.416 e. The van der Waals surface area contributed by atoms with Gasteiger partial charge < -0.3 is 10.4 Å². The van der Waals surface area contributed by atoms with Crippen molar-refractivity contribution >= 4 is 11.6 Å². The quantitative estimate of drug-likeness (QED) is 0.799. The number of halogens is 5. The second-order valence-electron chi connectivity index (χ2n) is 6.66. The number of nitrogens with zero attached hydrogens (tertiary/aromatic N) is 1. The van der Waals surface area contributed by atoms with Crippen LogP contribution in [0, 0.1) is 11.2 Å². The fourth-order valence-electron chi connectivity index (χ4n) is 3.18. The maximum atomic E-state index is 14.7. The molecular weight excluding hydrogens is 348 g/mol. The van der Waals surface area contributed by atoms with Crippen LogP contribution in [0.3, 0.4) is 0 Å². The van der Waals surface area contributed by atoms with E-state index in [1.54, 1.807) is 18.7 Å². The van der Waals surface area contributed by atoms with Crippen molar-refractivity contribution in [3.8, 4) is 0 Å². The van der Waals surface area contributed by atoms with E-state index in [0.717, 1.165) is 12.1 Å². The van der Waals surface area contributed by atoms with Crippen LogP contribution in [0.1, 0.15) is 31.0 Å². The number of alkyl halides is 3. The molecular formula is C16H21ClF4N2O. The number of benzene rings is 1. The van der Waals surface area contributed by atoms with Crippen LogP contribution in [0.15, 0.2) is 12.1 Å². The van der Waals surface area contributed by atoms with Gasteiger partial charge in [0.05, 0.1) is 10.6 Å². The molecule has 0 radical (unpaired) electrons. The molecule has 0 unspecified atom stereocenters. The van der Waals surface area contributed by atoms with Gasteiger partial charge in [-0.05, 0) is 12.1 Å². The van der Waals surface area contributed by atoms with Gasteiger partial charge >= 0.3 is 6.18 Å². The number of hydrogen-bond acceptors (Lipinski definition) is 3. The van der Waals surface area contributed by atoms with Gasteiger partial charge in [0.25, 0.3) is 0 Å². The summed E-state index contributed by atoms with van der Waals surface area (Å²) in [7, 11) is 0. The SMILES string of the molecule is CC(C)(CO)[C@@H](c1c(C(F)(F)F)ccc(Cl)c1F)N1CCNCC1. The van der Waals surface area contributed by atoms with E-state index in [1.165, 1.54) is 0 Å². The van der Waals surface area contributed by atoms with Crippen LogP contribution >= 0.6 is 11.6 Å². The molecule has 1 aromatic carbocycles. The zero-order chi connectivity index (χ0) is 18.1. The Hall–Kier alpha value is -0.890. The monoisotopic (exact) mass is 368 g/mol. The molecule has 136 valence electrons. The molecule has 0 aromatic heterocycles. The van der Waals surface area contributed by atoms with Crippen molar-refractivity contribution in [1.82, 2.24) is 10.2 Å².